The minimum Gasteiger partial charge on any atom is -0.320 e. The summed E-state index contributed by atoms with van der Waals surface area (Å²) in [6, 6.07) is 7.70. The highest BCUT2D eigenvalue weighted by Gasteiger charge is 2.25. The molecule has 0 bridgehead atoms. The zero-order chi connectivity index (χ0) is 14.8. The van der Waals surface area contributed by atoms with Gasteiger partial charge in [-0.25, -0.2) is 9.97 Å². The number of carbonyl (C=O) groups is 1. The number of rotatable bonds is 2. The van der Waals surface area contributed by atoms with E-state index in [1.807, 2.05) is 18.2 Å². The predicted molar refractivity (Wildman–Crippen MR) is 81.5 cm³/mol. The van der Waals surface area contributed by atoms with E-state index in [2.05, 4.69) is 26.7 Å². The van der Waals surface area contributed by atoms with Gasteiger partial charge in [-0.3, -0.25) is 4.79 Å². The summed E-state index contributed by atoms with van der Waals surface area (Å²) in [7, 11) is 0. The summed E-state index contributed by atoms with van der Waals surface area (Å²) in [5.74, 6) is -0.205. The summed E-state index contributed by atoms with van der Waals surface area (Å²) < 4.78 is 0. The molecule has 1 atom stereocenters. The minimum absolute atomic E-state index is 0.125. The third-order valence-corrected chi connectivity index (χ3v) is 3.97. The van der Waals surface area contributed by atoms with E-state index < -0.39 is 0 Å². The molecule has 21 heavy (non-hydrogen) atoms. The van der Waals surface area contributed by atoms with Crippen LogP contribution in [0.5, 0.6) is 0 Å². The van der Waals surface area contributed by atoms with Crippen molar-refractivity contribution in [1.82, 2.24) is 15.3 Å². The summed E-state index contributed by atoms with van der Waals surface area (Å²) in [4.78, 5) is 20.0. The Morgan fingerprint density at radius 1 is 1.19 bits per heavy atom. The molecule has 0 saturated carbocycles. The molecule has 108 valence electrons. The molecule has 2 aromatic rings. The molecule has 7 heteroatoms. The van der Waals surface area contributed by atoms with Crippen LogP contribution in [0.25, 0.3) is 0 Å². The first-order chi connectivity index (χ1) is 10.1. The molecule has 1 aliphatic heterocycles. The molecule has 0 aliphatic carbocycles. The van der Waals surface area contributed by atoms with Crippen molar-refractivity contribution in [2.24, 2.45) is 0 Å². The number of halogens is 2. The number of nitrogens with one attached hydrogen (secondary N) is 2. The SMILES string of the molecule is O=C(Nc1c(Cl)ncnc1Cl)[C@H]1Cc2ccccc2CN1. The van der Waals surface area contributed by atoms with Crippen LogP contribution in [0.2, 0.25) is 10.3 Å². The lowest BCUT2D eigenvalue weighted by atomic mass is 9.95. The van der Waals surface area contributed by atoms with Crippen LogP contribution in [-0.4, -0.2) is 21.9 Å². The molecule has 0 saturated heterocycles. The molecule has 0 unspecified atom stereocenters. The van der Waals surface area contributed by atoms with E-state index in [0.29, 0.717) is 13.0 Å². The molecule has 3 rings (SSSR count). The van der Waals surface area contributed by atoms with Crippen LogP contribution in [0, 0.1) is 0 Å². The van der Waals surface area contributed by atoms with Gasteiger partial charge in [0, 0.05) is 6.54 Å². The fourth-order valence-corrected chi connectivity index (χ4v) is 2.71. The fraction of sp³-hybridized carbons (Fsp3) is 0.214. The molecular formula is C14H12Cl2N4O. The zero-order valence-electron chi connectivity index (χ0n) is 10.9. The number of carbonyl (C=O) groups excluding carboxylic acids is 1. The second-order valence-corrected chi connectivity index (χ2v) is 5.44. The normalized spacial score (nSPS) is 17.1. The van der Waals surface area contributed by atoms with Crippen molar-refractivity contribution < 1.29 is 4.79 Å². The number of nitrogens with zero attached hydrogens (tertiary/aromatic N) is 2. The maximum absolute atomic E-state index is 12.3. The van der Waals surface area contributed by atoms with Gasteiger partial charge in [-0.15, -0.1) is 0 Å². The number of hydrogen-bond donors (Lipinski definition) is 2. The first kappa shape index (κ1) is 14.3. The van der Waals surface area contributed by atoms with Crippen molar-refractivity contribution in [3.8, 4) is 0 Å². The Morgan fingerprint density at radius 3 is 2.57 bits per heavy atom. The predicted octanol–water partition coefficient (Wildman–Crippen LogP) is 2.44. The number of aromatic nitrogens is 2. The van der Waals surface area contributed by atoms with Crippen LogP contribution in [0.3, 0.4) is 0 Å². The topological polar surface area (TPSA) is 66.9 Å². The van der Waals surface area contributed by atoms with Crippen LogP contribution >= 0.6 is 23.2 Å². The fourth-order valence-electron chi connectivity index (χ4n) is 2.30. The second kappa shape index (κ2) is 5.97. The molecule has 0 spiro atoms. The minimum atomic E-state index is -0.341. The highest BCUT2D eigenvalue weighted by molar-refractivity contribution is 6.38. The van der Waals surface area contributed by atoms with Crippen LogP contribution in [0.4, 0.5) is 5.69 Å². The van der Waals surface area contributed by atoms with Crippen molar-refractivity contribution in [2.45, 2.75) is 19.0 Å². The second-order valence-electron chi connectivity index (χ2n) is 4.73. The summed E-state index contributed by atoms with van der Waals surface area (Å²) in [6.45, 7) is 0.654. The smallest absolute Gasteiger partial charge is 0.242 e. The zero-order valence-corrected chi connectivity index (χ0v) is 12.4. The van der Waals surface area contributed by atoms with E-state index >= 15 is 0 Å². The average Bonchev–Trinajstić information content (AvgIpc) is 2.50. The molecule has 0 fully saturated rings. The lowest BCUT2D eigenvalue weighted by molar-refractivity contribution is -0.118. The van der Waals surface area contributed by atoms with Gasteiger partial charge < -0.3 is 10.6 Å². The first-order valence-corrected chi connectivity index (χ1v) is 7.18. The van der Waals surface area contributed by atoms with Gasteiger partial charge in [-0.1, -0.05) is 47.5 Å². The largest absolute Gasteiger partial charge is 0.320 e. The Kier molecular flexibility index (Phi) is 4.05. The van der Waals surface area contributed by atoms with E-state index in [4.69, 9.17) is 23.2 Å². The van der Waals surface area contributed by atoms with E-state index in [1.165, 1.54) is 11.9 Å². The Labute approximate surface area is 131 Å². The van der Waals surface area contributed by atoms with E-state index in [1.54, 1.807) is 0 Å². The van der Waals surface area contributed by atoms with Crippen molar-refractivity contribution in [2.75, 3.05) is 5.32 Å². The van der Waals surface area contributed by atoms with Crippen molar-refractivity contribution in [3.63, 3.8) is 0 Å². The van der Waals surface area contributed by atoms with Crippen molar-refractivity contribution in [1.29, 1.82) is 0 Å². The van der Waals surface area contributed by atoms with Gasteiger partial charge in [0.25, 0.3) is 0 Å². The van der Waals surface area contributed by atoms with Gasteiger partial charge in [0.2, 0.25) is 5.91 Å². The monoisotopic (exact) mass is 322 g/mol. The third-order valence-electron chi connectivity index (χ3n) is 3.40. The van der Waals surface area contributed by atoms with Crippen molar-refractivity contribution >= 4 is 34.8 Å². The number of amides is 1. The third kappa shape index (κ3) is 3.00. The maximum Gasteiger partial charge on any atom is 0.242 e. The summed E-state index contributed by atoms with van der Waals surface area (Å²) >= 11 is 11.8. The lowest BCUT2D eigenvalue weighted by Crippen LogP contribution is -2.44. The molecule has 5 nitrogen and oxygen atoms in total. The van der Waals surface area contributed by atoms with Gasteiger partial charge in [0.1, 0.15) is 12.0 Å². The number of anilines is 1. The average molecular weight is 323 g/mol. The Balaban J connectivity index is 1.76. The van der Waals surface area contributed by atoms with Crippen LogP contribution < -0.4 is 10.6 Å². The molecule has 1 amide bonds. The van der Waals surface area contributed by atoms with Gasteiger partial charge in [-0.2, -0.15) is 0 Å². The van der Waals surface area contributed by atoms with E-state index in [-0.39, 0.29) is 27.9 Å². The highest BCUT2D eigenvalue weighted by atomic mass is 35.5. The maximum atomic E-state index is 12.3. The molecule has 2 heterocycles. The Morgan fingerprint density at radius 2 is 1.86 bits per heavy atom. The van der Waals surface area contributed by atoms with Gasteiger partial charge in [0.15, 0.2) is 10.3 Å². The first-order valence-electron chi connectivity index (χ1n) is 6.42. The van der Waals surface area contributed by atoms with E-state index in [0.717, 1.165) is 5.56 Å². The quantitative estimate of drug-likeness (QED) is 0.833. The molecule has 2 N–H and O–H groups in total. The van der Waals surface area contributed by atoms with E-state index in [9.17, 15) is 4.79 Å². The Bertz CT molecular complexity index is 672. The highest BCUT2D eigenvalue weighted by Crippen LogP contribution is 2.26. The lowest BCUT2D eigenvalue weighted by Gasteiger charge is -2.25. The number of benzene rings is 1. The molecule has 1 aliphatic rings. The summed E-state index contributed by atoms with van der Waals surface area (Å²) in [5.41, 5.74) is 2.62. The summed E-state index contributed by atoms with van der Waals surface area (Å²) in [5, 5.41) is 6.13. The van der Waals surface area contributed by atoms with Crippen LogP contribution in [0.15, 0.2) is 30.6 Å². The molecule has 1 aromatic heterocycles. The molecule has 1 aromatic carbocycles. The van der Waals surface area contributed by atoms with Crippen molar-refractivity contribution in [3.05, 3.63) is 52.0 Å². The van der Waals surface area contributed by atoms with Crippen LogP contribution in [-0.2, 0) is 17.8 Å². The molecular weight excluding hydrogens is 311 g/mol. The summed E-state index contributed by atoms with van der Waals surface area (Å²) in [6.07, 6.45) is 1.86. The van der Waals surface area contributed by atoms with Gasteiger partial charge in [-0.05, 0) is 17.5 Å². The number of fused-ring (bicyclic) bond motifs is 1. The Hall–Kier alpha value is -1.69. The number of hydrogen-bond acceptors (Lipinski definition) is 4. The van der Waals surface area contributed by atoms with Gasteiger partial charge >= 0.3 is 0 Å². The standard InChI is InChI=1S/C14H12Cl2N4O/c15-12-11(13(16)19-7-18-12)20-14(21)10-5-8-3-1-2-4-9(8)6-17-10/h1-4,7,10,17H,5-6H2,(H,20,21)/t10-/m1/s1. The molecule has 0 radical (unpaired) electrons. The van der Waals surface area contributed by atoms with Gasteiger partial charge in [0.05, 0.1) is 6.04 Å². The van der Waals surface area contributed by atoms with Crippen LogP contribution in [0.1, 0.15) is 11.1 Å².